The van der Waals surface area contributed by atoms with Crippen molar-refractivity contribution in [1.29, 1.82) is 0 Å². The molecular weight excluding hydrogens is 512 g/mol. The minimum atomic E-state index is -0.0444. The molecule has 42 heavy (non-hydrogen) atoms. The van der Waals surface area contributed by atoms with Gasteiger partial charge in [0.25, 0.3) is 0 Å². The molecule has 0 spiro atoms. The molecule has 0 aliphatic heterocycles. The van der Waals surface area contributed by atoms with E-state index in [9.17, 15) is 9.59 Å². The maximum absolute atomic E-state index is 11.9. The van der Waals surface area contributed by atoms with Crippen LogP contribution in [0.2, 0.25) is 0 Å². The van der Waals surface area contributed by atoms with Gasteiger partial charge < -0.3 is 0 Å². The Morgan fingerprint density at radius 1 is 0.571 bits per heavy atom. The SMILES string of the molecule is CC1=CC(=O)CC(C)(C)[C@@H]1/C=C/C(C)=C/C=C/C(C)=C/C=C/C=C(C)/C=C/C=C(C)/C=C/[C@@H]1C(C)=CC(=O)CC1(C)C. The van der Waals surface area contributed by atoms with E-state index in [-0.39, 0.29) is 34.2 Å². The van der Waals surface area contributed by atoms with E-state index in [0.29, 0.717) is 12.8 Å². The Kier molecular flexibility index (Phi) is 12.9. The molecule has 0 aromatic rings. The van der Waals surface area contributed by atoms with Gasteiger partial charge in [0, 0.05) is 24.7 Å². The summed E-state index contributed by atoms with van der Waals surface area (Å²) in [6.45, 7) is 21.2. The first-order valence-corrected chi connectivity index (χ1v) is 15.1. The highest BCUT2D eigenvalue weighted by Gasteiger charge is 2.35. The maximum atomic E-state index is 11.9. The summed E-state index contributed by atoms with van der Waals surface area (Å²) in [7, 11) is 0. The highest BCUT2D eigenvalue weighted by atomic mass is 16.1. The molecule has 2 heteroatoms. The lowest BCUT2D eigenvalue weighted by Gasteiger charge is -2.35. The third kappa shape index (κ3) is 11.4. The second-order valence-corrected chi connectivity index (χ2v) is 13.5. The zero-order chi connectivity index (χ0) is 31.5. The fourth-order valence-electron chi connectivity index (χ4n) is 5.80. The molecule has 0 fully saturated rings. The summed E-state index contributed by atoms with van der Waals surface area (Å²) in [5, 5.41) is 0. The lowest BCUT2D eigenvalue weighted by Crippen LogP contribution is -2.30. The van der Waals surface area contributed by atoms with Crippen molar-refractivity contribution >= 4 is 11.6 Å². The van der Waals surface area contributed by atoms with E-state index in [1.165, 1.54) is 22.3 Å². The normalized spacial score (nSPS) is 24.6. The van der Waals surface area contributed by atoms with Crippen LogP contribution in [-0.2, 0) is 9.59 Å². The van der Waals surface area contributed by atoms with E-state index in [4.69, 9.17) is 0 Å². The highest BCUT2D eigenvalue weighted by Crippen LogP contribution is 2.41. The average molecular weight is 565 g/mol. The molecule has 0 heterocycles. The van der Waals surface area contributed by atoms with Gasteiger partial charge in [0.1, 0.15) is 0 Å². The Morgan fingerprint density at radius 2 is 0.881 bits per heavy atom. The predicted molar refractivity (Wildman–Crippen MR) is 182 cm³/mol. The van der Waals surface area contributed by atoms with Gasteiger partial charge in [0.2, 0.25) is 0 Å². The minimum absolute atomic E-state index is 0.0444. The summed E-state index contributed by atoms with van der Waals surface area (Å²) in [6, 6.07) is 0. The molecule has 0 amide bonds. The summed E-state index contributed by atoms with van der Waals surface area (Å²) >= 11 is 0. The molecule has 0 N–H and O–H groups in total. The van der Waals surface area contributed by atoms with Gasteiger partial charge in [0.15, 0.2) is 11.6 Å². The number of hydrogen-bond donors (Lipinski definition) is 0. The van der Waals surface area contributed by atoms with Gasteiger partial charge in [-0.05, 0) is 64.5 Å². The molecule has 2 aliphatic rings. The van der Waals surface area contributed by atoms with Crippen molar-refractivity contribution in [3.8, 4) is 0 Å². The van der Waals surface area contributed by atoms with E-state index in [1.54, 1.807) is 12.2 Å². The standard InChI is InChI=1S/C40H52O2/c1-29(17-13-19-31(3)21-23-37-33(5)25-35(41)27-39(37,7)8)15-11-12-16-30(2)18-14-20-32(4)22-24-38-34(6)26-36(42)28-40(38,9)10/h11-26,37-38H,27-28H2,1-10H3/b12-11+,17-13+,18-14+,23-21+,24-22+,29-15+,30-16+,31-19+,32-20+/t37-,38-/m1/s1. The van der Waals surface area contributed by atoms with Crippen LogP contribution in [-0.4, -0.2) is 11.6 Å². The number of carbonyl (C=O) groups excluding carboxylic acids is 2. The Balaban J connectivity index is 1.89. The number of allylic oxidation sites excluding steroid dienone is 22. The number of hydrogen-bond acceptors (Lipinski definition) is 2. The number of ketones is 2. The summed E-state index contributed by atoms with van der Waals surface area (Å²) in [6.07, 6.45) is 34.5. The predicted octanol–water partition coefficient (Wildman–Crippen LogP) is 10.7. The smallest absolute Gasteiger partial charge is 0.156 e. The number of rotatable bonds is 10. The van der Waals surface area contributed by atoms with Crippen LogP contribution in [0.4, 0.5) is 0 Å². The molecule has 0 saturated carbocycles. The first kappa shape index (κ1) is 34.7. The zero-order valence-corrected chi connectivity index (χ0v) is 27.6. The highest BCUT2D eigenvalue weighted by molar-refractivity contribution is 5.92. The summed E-state index contributed by atoms with van der Waals surface area (Å²) in [5.41, 5.74) is 6.91. The van der Waals surface area contributed by atoms with Crippen LogP contribution in [0.3, 0.4) is 0 Å². The lowest BCUT2D eigenvalue weighted by molar-refractivity contribution is -0.118. The van der Waals surface area contributed by atoms with Gasteiger partial charge in [0.05, 0.1) is 0 Å². The van der Waals surface area contributed by atoms with E-state index in [2.05, 4.69) is 154 Å². The summed E-state index contributed by atoms with van der Waals surface area (Å²) in [5.74, 6) is 1.03. The zero-order valence-electron chi connectivity index (χ0n) is 27.6. The molecule has 224 valence electrons. The monoisotopic (exact) mass is 564 g/mol. The Bertz CT molecular complexity index is 1250. The molecule has 0 radical (unpaired) electrons. The Hall–Kier alpha value is -3.52. The van der Waals surface area contributed by atoms with E-state index >= 15 is 0 Å². The van der Waals surface area contributed by atoms with Crippen molar-refractivity contribution < 1.29 is 9.59 Å². The van der Waals surface area contributed by atoms with Crippen molar-refractivity contribution in [1.82, 2.24) is 0 Å². The molecule has 0 aromatic carbocycles. The fraction of sp³-hybridized carbons (Fsp3) is 0.400. The maximum Gasteiger partial charge on any atom is 0.156 e. The molecule has 2 nitrogen and oxygen atoms in total. The molecular formula is C40H52O2. The van der Waals surface area contributed by atoms with Gasteiger partial charge in [-0.15, -0.1) is 0 Å². The summed E-state index contributed by atoms with van der Waals surface area (Å²) in [4.78, 5) is 23.8. The summed E-state index contributed by atoms with van der Waals surface area (Å²) < 4.78 is 0. The molecule has 2 atom stereocenters. The van der Waals surface area contributed by atoms with Crippen molar-refractivity contribution in [2.75, 3.05) is 0 Å². The molecule has 2 aliphatic carbocycles. The van der Waals surface area contributed by atoms with Gasteiger partial charge in [-0.2, -0.15) is 0 Å². The largest absolute Gasteiger partial charge is 0.295 e. The second-order valence-electron chi connectivity index (χ2n) is 13.5. The van der Waals surface area contributed by atoms with Gasteiger partial charge in [-0.1, -0.05) is 146 Å². The van der Waals surface area contributed by atoms with Gasteiger partial charge in [-0.3, -0.25) is 9.59 Å². The first-order chi connectivity index (χ1) is 19.6. The van der Waals surface area contributed by atoms with Crippen LogP contribution < -0.4 is 0 Å². The van der Waals surface area contributed by atoms with E-state index < -0.39 is 0 Å². The second kappa shape index (κ2) is 15.6. The van der Waals surface area contributed by atoms with Gasteiger partial charge >= 0.3 is 0 Å². The minimum Gasteiger partial charge on any atom is -0.295 e. The van der Waals surface area contributed by atoms with Crippen molar-refractivity contribution in [2.45, 2.75) is 82.1 Å². The van der Waals surface area contributed by atoms with Crippen LogP contribution in [0.25, 0.3) is 0 Å². The Morgan fingerprint density at radius 3 is 1.21 bits per heavy atom. The molecule has 0 unspecified atom stereocenters. The third-order valence-electron chi connectivity index (χ3n) is 8.07. The fourth-order valence-corrected chi connectivity index (χ4v) is 5.80. The van der Waals surface area contributed by atoms with Crippen LogP contribution in [0.15, 0.2) is 131 Å². The van der Waals surface area contributed by atoms with E-state index in [0.717, 1.165) is 11.1 Å². The average Bonchev–Trinajstić information content (AvgIpc) is 2.84. The lowest BCUT2D eigenvalue weighted by atomic mass is 9.68. The third-order valence-corrected chi connectivity index (χ3v) is 8.07. The Labute approximate surface area is 256 Å². The van der Waals surface area contributed by atoms with Crippen LogP contribution in [0, 0.1) is 22.7 Å². The molecule has 2 rings (SSSR count). The first-order valence-electron chi connectivity index (χ1n) is 15.1. The van der Waals surface area contributed by atoms with Crippen LogP contribution in [0.1, 0.15) is 82.1 Å². The van der Waals surface area contributed by atoms with Crippen molar-refractivity contribution in [2.24, 2.45) is 22.7 Å². The van der Waals surface area contributed by atoms with Gasteiger partial charge in [-0.25, -0.2) is 0 Å². The number of carbonyl (C=O) groups is 2. The van der Waals surface area contributed by atoms with E-state index in [1.807, 2.05) is 0 Å². The van der Waals surface area contributed by atoms with Crippen molar-refractivity contribution in [3.63, 3.8) is 0 Å². The quantitative estimate of drug-likeness (QED) is 0.247. The van der Waals surface area contributed by atoms with Crippen molar-refractivity contribution in [3.05, 3.63) is 131 Å². The molecule has 0 aromatic heterocycles. The molecule has 0 saturated heterocycles. The topological polar surface area (TPSA) is 34.1 Å². The van der Waals surface area contributed by atoms with Crippen LogP contribution in [0.5, 0.6) is 0 Å². The molecule has 0 bridgehead atoms. The van der Waals surface area contributed by atoms with Crippen LogP contribution >= 0.6 is 0 Å².